The number of hydrogen-bond acceptors (Lipinski definition) is 3. The van der Waals surface area contributed by atoms with Gasteiger partial charge in [0.25, 0.3) is 0 Å². The quantitative estimate of drug-likeness (QED) is 0.797. The number of ether oxygens (including phenoxy) is 1. The lowest BCUT2D eigenvalue weighted by Crippen LogP contribution is -2.40. The predicted octanol–water partition coefficient (Wildman–Crippen LogP) is 4.21. The van der Waals surface area contributed by atoms with E-state index < -0.39 is 6.61 Å². The van der Waals surface area contributed by atoms with Crippen molar-refractivity contribution in [1.82, 2.24) is 5.32 Å². The minimum Gasteiger partial charge on any atom is -0.435 e. The molecule has 2 atom stereocenters. The van der Waals surface area contributed by atoms with Crippen molar-refractivity contribution in [3.8, 4) is 5.75 Å². The standard InChI is InChI=1S/C21H24F2N2O2/c1-14-11-16(9-10-24-14)20(26)25-18-7-8-19(27-21(22)23)17(13-18)12-15-5-3-2-4-6-15/h2-8,13-14,16,21,24H,9-12H2,1H3,(H,25,26)/t14-,16-/m0/s1. The fourth-order valence-corrected chi connectivity index (χ4v) is 3.44. The monoisotopic (exact) mass is 374 g/mol. The molecule has 1 fully saturated rings. The predicted molar refractivity (Wildman–Crippen MR) is 101 cm³/mol. The van der Waals surface area contributed by atoms with Crippen LogP contribution in [-0.2, 0) is 11.2 Å². The Morgan fingerprint density at radius 3 is 2.74 bits per heavy atom. The summed E-state index contributed by atoms with van der Waals surface area (Å²) in [5, 5.41) is 6.25. The highest BCUT2D eigenvalue weighted by Gasteiger charge is 2.25. The van der Waals surface area contributed by atoms with Crippen LogP contribution < -0.4 is 15.4 Å². The van der Waals surface area contributed by atoms with E-state index in [-0.39, 0.29) is 17.6 Å². The van der Waals surface area contributed by atoms with Crippen LogP contribution in [0.2, 0.25) is 0 Å². The van der Waals surface area contributed by atoms with Gasteiger partial charge >= 0.3 is 6.61 Å². The lowest BCUT2D eigenvalue weighted by molar-refractivity contribution is -0.120. The normalized spacial score (nSPS) is 19.7. The summed E-state index contributed by atoms with van der Waals surface area (Å²) in [7, 11) is 0. The number of amides is 1. The summed E-state index contributed by atoms with van der Waals surface area (Å²) in [5.41, 5.74) is 2.18. The Labute approximate surface area is 157 Å². The molecule has 3 rings (SSSR count). The van der Waals surface area contributed by atoms with Crippen LogP contribution in [0.25, 0.3) is 0 Å². The smallest absolute Gasteiger partial charge is 0.387 e. The first-order valence-electron chi connectivity index (χ1n) is 9.17. The molecule has 0 aliphatic carbocycles. The van der Waals surface area contributed by atoms with Gasteiger partial charge in [0, 0.05) is 29.6 Å². The SMILES string of the molecule is C[C@H]1C[C@@H](C(=O)Nc2ccc(OC(F)F)c(Cc3ccccc3)c2)CCN1. The Morgan fingerprint density at radius 1 is 1.26 bits per heavy atom. The number of nitrogens with one attached hydrogen (secondary N) is 2. The van der Waals surface area contributed by atoms with Crippen molar-refractivity contribution < 1.29 is 18.3 Å². The lowest BCUT2D eigenvalue weighted by atomic mass is 9.92. The van der Waals surface area contributed by atoms with Crippen LogP contribution in [-0.4, -0.2) is 25.1 Å². The van der Waals surface area contributed by atoms with E-state index in [1.54, 1.807) is 12.1 Å². The second-order valence-electron chi connectivity index (χ2n) is 6.93. The number of carbonyl (C=O) groups excluding carboxylic acids is 1. The van der Waals surface area contributed by atoms with Crippen molar-refractivity contribution in [1.29, 1.82) is 0 Å². The van der Waals surface area contributed by atoms with Crippen molar-refractivity contribution in [3.63, 3.8) is 0 Å². The summed E-state index contributed by atoms with van der Waals surface area (Å²) in [5.74, 6) is 0.0506. The van der Waals surface area contributed by atoms with E-state index in [0.717, 1.165) is 24.9 Å². The van der Waals surface area contributed by atoms with Crippen LogP contribution in [0.15, 0.2) is 48.5 Å². The maximum Gasteiger partial charge on any atom is 0.387 e. The van der Waals surface area contributed by atoms with Crippen molar-refractivity contribution >= 4 is 11.6 Å². The topological polar surface area (TPSA) is 50.4 Å². The number of alkyl halides is 2. The summed E-state index contributed by atoms with van der Waals surface area (Å²) < 4.78 is 30.1. The van der Waals surface area contributed by atoms with E-state index in [4.69, 9.17) is 0 Å². The van der Waals surface area contributed by atoms with Crippen molar-refractivity contribution in [2.24, 2.45) is 5.92 Å². The summed E-state index contributed by atoms with van der Waals surface area (Å²) >= 11 is 0. The molecule has 0 radical (unpaired) electrons. The molecule has 4 nitrogen and oxygen atoms in total. The molecule has 1 heterocycles. The van der Waals surface area contributed by atoms with Crippen LogP contribution in [0.4, 0.5) is 14.5 Å². The Bertz CT molecular complexity index is 768. The molecule has 1 saturated heterocycles. The third-order valence-electron chi connectivity index (χ3n) is 4.78. The number of benzene rings is 2. The maximum absolute atomic E-state index is 12.7. The van der Waals surface area contributed by atoms with Crippen LogP contribution >= 0.6 is 0 Å². The number of piperidine rings is 1. The molecule has 0 spiro atoms. The Balaban J connectivity index is 1.77. The van der Waals surface area contributed by atoms with Crippen LogP contribution in [0.3, 0.4) is 0 Å². The van der Waals surface area contributed by atoms with Crippen LogP contribution in [0, 0.1) is 5.92 Å². The second-order valence-corrected chi connectivity index (χ2v) is 6.93. The fourth-order valence-electron chi connectivity index (χ4n) is 3.44. The third kappa shape index (κ3) is 5.50. The summed E-state index contributed by atoms with van der Waals surface area (Å²) in [6.07, 6.45) is 2.02. The van der Waals surface area contributed by atoms with E-state index in [1.807, 2.05) is 30.3 Å². The van der Waals surface area contributed by atoms with Gasteiger partial charge in [-0.05, 0) is 50.1 Å². The van der Waals surface area contributed by atoms with Gasteiger partial charge in [-0.3, -0.25) is 4.79 Å². The summed E-state index contributed by atoms with van der Waals surface area (Å²) in [4.78, 5) is 12.6. The van der Waals surface area contributed by atoms with E-state index in [9.17, 15) is 13.6 Å². The minimum absolute atomic E-state index is 0.0310. The average molecular weight is 374 g/mol. The van der Waals surface area contributed by atoms with Gasteiger partial charge in [-0.25, -0.2) is 0 Å². The molecule has 1 amide bonds. The molecule has 2 aromatic carbocycles. The zero-order chi connectivity index (χ0) is 19.2. The summed E-state index contributed by atoms with van der Waals surface area (Å²) in [6, 6.07) is 14.7. The number of hydrogen-bond donors (Lipinski definition) is 2. The first-order valence-corrected chi connectivity index (χ1v) is 9.17. The molecule has 0 unspecified atom stereocenters. The number of rotatable bonds is 6. The zero-order valence-corrected chi connectivity index (χ0v) is 15.3. The van der Waals surface area contributed by atoms with E-state index in [1.165, 1.54) is 6.07 Å². The van der Waals surface area contributed by atoms with Crippen LogP contribution in [0.5, 0.6) is 5.75 Å². The Hall–Kier alpha value is -2.47. The molecule has 1 aliphatic heterocycles. The van der Waals surface area contributed by atoms with Gasteiger partial charge in [-0.1, -0.05) is 30.3 Å². The molecule has 1 aliphatic rings. The van der Waals surface area contributed by atoms with Gasteiger partial charge < -0.3 is 15.4 Å². The third-order valence-corrected chi connectivity index (χ3v) is 4.78. The second kappa shape index (κ2) is 8.95. The molecule has 27 heavy (non-hydrogen) atoms. The molecular formula is C21H24F2N2O2. The molecule has 0 saturated carbocycles. The molecule has 0 aromatic heterocycles. The van der Waals surface area contributed by atoms with Crippen molar-refractivity contribution in [2.75, 3.05) is 11.9 Å². The fraction of sp³-hybridized carbons (Fsp3) is 0.381. The van der Waals surface area contributed by atoms with Gasteiger partial charge in [-0.2, -0.15) is 8.78 Å². The maximum atomic E-state index is 12.7. The average Bonchev–Trinajstić information content (AvgIpc) is 2.64. The Morgan fingerprint density at radius 2 is 2.04 bits per heavy atom. The van der Waals surface area contributed by atoms with Crippen molar-refractivity contribution in [2.45, 2.75) is 38.8 Å². The zero-order valence-electron chi connectivity index (χ0n) is 15.3. The van der Waals surface area contributed by atoms with E-state index in [0.29, 0.717) is 23.7 Å². The van der Waals surface area contributed by atoms with Crippen LogP contribution in [0.1, 0.15) is 30.9 Å². The molecule has 2 N–H and O–H groups in total. The molecule has 144 valence electrons. The molecular weight excluding hydrogens is 350 g/mol. The van der Waals surface area contributed by atoms with Gasteiger partial charge in [0.1, 0.15) is 5.75 Å². The summed E-state index contributed by atoms with van der Waals surface area (Å²) in [6.45, 7) is -0.00992. The highest BCUT2D eigenvalue weighted by molar-refractivity contribution is 5.92. The molecule has 0 bridgehead atoms. The van der Waals surface area contributed by atoms with Gasteiger partial charge in [0.15, 0.2) is 0 Å². The Kier molecular flexibility index (Phi) is 6.40. The molecule has 6 heteroatoms. The largest absolute Gasteiger partial charge is 0.435 e. The lowest BCUT2D eigenvalue weighted by Gasteiger charge is -2.27. The minimum atomic E-state index is -2.89. The van der Waals surface area contributed by atoms with Gasteiger partial charge in [0.2, 0.25) is 5.91 Å². The van der Waals surface area contributed by atoms with E-state index >= 15 is 0 Å². The van der Waals surface area contributed by atoms with Gasteiger partial charge in [0.05, 0.1) is 0 Å². The first kappa shape index (κ1) is 19.3. The van der Waals surface area contributed by atoms with Gasteiger partial charge in [-0.15, -0.1) is 0 Å². The first-order chi connectivity index (χ1) is 13.0. The number of halogens is 2. The van der Waals surface area contributed by atoms with E-state index in [2.05, 4.69) is 22.3 Å². The highest BCUT2D eigenvalue weighted by atomic mass is 19.3. The van der Waals surface area contributed by atoms with Crippen molar-refractivity contribution in [3.05, 3.63) is 59.7 Å². The number of carbonyl (C=O) groups is 1. The molecule has 2 aromatic rings. The highest BCUT2D eigenvalue weighted by Crippen LogP contribution is 2.28. The number of anilines is 1.